The Labute approximate surface area is 122 Å². The molecule has 7 heteroatoms. The molecule has 0 spiro atoms. The van der Waals surface area contributed by atoms with Gasteiger partial charge in [0.15, 0.2) is 0 Å². The number of benzene rings is 1. The summed E-state index contributed by atoms with van der Waals surface area (Å²) in [6.45, 7) is 2.33. The Kier molecular flexibility index (Phi) is 5.42. The third-order valence-corrected chi connectivity index (χ3v) is 2.87. The number of pyridine rings is 1. The number of ether oxygens (including phenoxy) is 2. The topological polar surface area (TPSA) is 86.5 Å². The summed E-state index contributed by atoms with van der Waals surface area (Å²) in [6.07, 6.45) is 0. The van der Waals surface area contributed by atoms with Crippen LogP contribution in [0.2, 0.25) is 0 Å². The van der Waals surface area contributed by atoms with Crippen molar-refractivity contribution >= 4 is 22.4 Å². The summed E-state index contributed by atoms with van der Waals surface area (Å²) in [5.74, 6) is 0.715. The van der Waals surface area contributed by atoms with Gasteiger partial charge in [-0.1, -0.05) is 0 Å². The fourth-order valence-corrected chi connectivity index (χ4v) is 1.82. The molecule has 1 aromatic heterocycles. The van der Waals surface area contributed by atoms with E-state index in [1.165, 1.54) is 12.1 Å². The minimum atomic E-state index is -0.414. The highest BCUT2D eigenvalue weighted by molar-refractivity contribution is 5.82. The Morgan fingerprint density at radius 3 is 2.86 bits per heavy atom. The third kappa shape index (κ3) is 4.37. The molecule has 1 aromatic carbocycles. The predicted molar refractivity (Wildman–Crippen MR) is 79.6 cm³/mol. The molecule has 0 bridgehead atoms. The average molecular weight is 291 g/mol. The zero-order valence-corrected chi connectivity index (χ0v) is 11.7. The molecule has 21 heavy (non-hydrogen) atoms. The van der Waals surface area contributed by atoms with E-state index in [0.29, 0.717) is 37.7 Å². The van der Waals surface area contributed by atoms with E-state index in [1.54, 1.807) is 19.2 Å². The lowest BCUT2D eigenvalue weighted by Crippen LogP contribution is -2.12. The average Bonchev–Trinajstić information content (AvgIpc) is 2.50. The van der Waals surface area contributed by atoms with Gasteiger partial charge >= 0.3 is 0 Å². The number of nitro benzene ring substituents is 1. The minimum Gasteiger partial charge on any atom is -0.382 e. The van der Waals surface area contributed by atoms with Crippen molar-refractivity contribution in [2.45, 2.75) is 0 Å². The minimum absolute atomic E-state index is 0.0663. The lowest BCUT2D eigenvalue weighted by molar-refractivity contribution is -0.384. The van der Waals surface area contributed by atoms with Crippen LogP contribution in [0.1, 0.15) is 0 Å². The Balaban J connectivity index is 1.93. The van der Waals surface area contributed by atoms with Crippen LogP contribution in [0.3, 0.4) is 0 Å². The van der Waals surface area contributed by atoms with Gasteiger partial charge in [-0.05, 0) is 18.2 Å². The van der Waals surface area contributed by atoms with Crippen LogP contribution in [0.5, 0.6) is 0 Å². The maximum absolute atomic E-state index is 10.7. The molecule has 0 atom stereocenters. The molecular weight excluding hydrogens is 274 g/mol. The summed E-state index contributed by atoms with van der Waals surface area (Å²) < 4.78 is 10.2. The number of nitrogens with one attached hydrogen (secondary N) is 1. The molecule has 0 amide bonds. The second kappa shape index (κ2) is 7.51. The van der Waals surface area contributed by atoms with Crippen LogP contribution in [0.25, 0.3) is 10.9 Å². The first-order valence-corrected chi connectivity index (χ1v) is 6.56. The van der Waals surface area contributed by atoms with Gasteiger partial charge in [0.05, 0.1) is 30.3 Å². The fraction of sp³-hybridized carbons (Fsp3) is 0.357. The molecule has 0 aliphatic rings. The van der Waals surface area contributed by atoms with Gasteiger partial charge in [0.25, 0.3) is 5.69 Å². The number of nitrogens with zero attached hydrogens (tertiary/aromatic N) is 2. The number of fused-ring (bicyclic) bond motifs is 1. The molecule has 0 radical (unpaired) electrons. The van der Waals surface area contributed by atoms with Crippen molar-refractivity contribution < 1.29 is 14.4 Å². The van der Waals surface area contributed by atoms with Crippen LogP contribution in [0.4, 0.5) is 11.5 Å². The van der Waals surface area contributed by atoms with Crippen molar-refractivity contribution in [3.05, 3.63) is 40.4 Å². The lowest BCUT2D eigenvalue weighted by Gasteiger charge is -2.07. The summed E-state index contributed by atoms with van der Waals surface area (Å²) in [7, 11) is 1.63. The molecule has 0 saturated heterocycles. The summed E-state index contributed by atoms with van der Waals surface area (Å²) in [5, 5.41) is 14.6. The van der Waals surface area contributed by atoms with E-state index in [0.717, 1.165) is 5.39 Å². The van der Waals surface area contributed by atoms with E-state index >= 15 is 0 Å². The van der Waals surface area contributed by atoms with Crippen molar-refractivity contribution in [1.82, 2.24) is 4.98 Å². The first-order chi connectivity index (χ1) is 10.2. The molecule has 7 nitrogen and oxygen atoms in total. The van der Waals surface area contributed by atoms with Gasteiger partial charge in [-0.3, -0.25) is 10.1 Å². The molecule has 1 heterocycles. The summed E-state index contributed by atoms with van der Waals surface area (Å²) in [5.41, 5.74) is 0.780. The maximum Gasteiger partial charge on any atom is 0.270 e. The second-order valence-corrected chi connectivity index (χ2v) is 4.36. The fourth-order valence-electron chi connectivity index (χ4n) is 1.82. The van der Waals surface area contributed by atoms with Gasteiger partial charge in [0.2, 0.25) is 0 Å². The predicted octanol–water partition coefficient (Wildman–Crippen LogP) is 2.22. The second-order valence-electron chi connectivity index (χ2n) is 4.36. The van der Waals surface area contributed by atoms with Gasteiger partial charge < -0.3 is 14.8 Å². The number of rotatable bonds is 8. The monoisotopic (exact) mass is 291 g/mol. The van der Waals surface area contributed by atoms with Crippen LogP contribution in [0.15, 0.2) is 30.3 Å². The van der Waals surface area contributed by atoms with Gasteiger partial charge in [0, 0.05) is 31.2 Å². The number of nitro groups is 1. The number of methoxy groups -OCH3 is 1. The van der Waals surface area contributed by atoms with Crippen LogP contribution in [-0.2, 0) is 9.47 Å². The highest BCUT2D eigenvalue weighted by Gasteiger charge is 2.06. The zero-order valence-electron chi connectivity index (χ0n) is 11.7. The quantitative estimate of drug-likeness (QED) is 0.456. The molecule has 2 aromatic rings. The zero-order chi connectivity index (χ0) is 15.1. The van der Waals surface area contributed by atoms with Crippen LogP contribution >= 0.6 is 0 Å². The van der Waals surface area contributed by atoms with Crippen molar-refractivity contribution in [1.29, 1.82) is 0 Å². The van der Waals surface area contributed by atoms with Crippen molar-refractivity contribution in [3.8, 4) is 0 Å². The summed E-state index contributed by atoms with van der Waals surface area (Å²) in [6, 6.07) is 8.21. The van der Waals surface area contributed by atoms with Crippen molar-refractivity contribution in [2.24, 2.45) is 0 Å². The van der Waals surface area contributed by atoms with Crippen LogP contribution < -0.4 is 5.32 Å². The Hall–Kier alpha value is -2.25. The van der Waals surface area contributed by atoms with E-state index in [9.17, 15) is 10.1 Å². The van der Waals surface area contributed by atoms with E-state index < -0.39 is 4.92 Å². The molecule has 1 N–H and O–H groups in total. The smallest absolute Gasteiger partial charge is 0.270 e. The van der Waals surface area contributed by atoms with E-state index in [4.69, 9.17) is 9.47 Å². The molecule has 0 saturated carbocycles. The van der Waals surface area contributed by atoms with Crippen molar-refractivity contribution in [3.63, 3.8) is 0 Å². The third-order valence-electron chi connectivity index (χ3n) is 2.87. The Morgan fingerprint density at radius 1 is 1.24 bits per heavy atom. The molecule has 0 fully saturated rings. The molecular formula is C14H17N3O4. The molecule has 0 aliphatic carbocycles. The largest absolute Gasteiger partial charge is 0.382 e. The van der Waals surface area contributed by atoms with Gasteiger partial charge in [-0.25, -0.2) is 4.98 Å². The SMILES string of the molecule is COCCOCCNc1ccc2cc([N+](=O)[O-])ccc2n1. The van der Waals surface area contributed by atoms with Crippen LogP contribution in [0, 0.1) is 10.1 Å². The standard InChI is InChI=1S/C14H17N3O4/c1-20-8-9-21-7-6-15-14-5-2-11-10-12(17(18)19)3-4-13(11)16-14/h2-5,10H,6-9H2,1H3,(H,15,16). The number of hydrogen-bond acceptors (Lipinski definition) is 6. The number of non-ortho nitro benzene ring substituents is 1. The van der Waals surface area contributed by atoms with E-state index in [-0.39, 0.29) is 5.69 Å². The van der Waals surface area contributed by atoms with Gasteiger partial charge in [-0.15, -0.1) is 0 Å². The van der Waals surface area contributed by atoms with E-state index in [1.807, 2.05) is 6.07 Å². The lowest BCUT2D eigenvalue weighted by atomic mass is 10.2. The van der Waals surface area contributed by atoms with Gasteiger partial charge in [0.1, 0.15) is 5.82 Å². The molecule has 0 unspecified atom stereocenters. The Morgan fingerprint density at radius 2 is 2.10 bits per heavy atom. The van der Waals surface area contributed by atoms with E-state index in [2.05, 4.69) is 10.3 Å². The highest BCUT2D eigenvalue weighted by Crippen LogP contribution is 2.20. The Bertz CT molecular complexity index is 618. The molecule has 0 aliphatic heterocycles. The summed E-state index contributed by atoms with van der Waals surface area (Å²) >= 11 is 0. The maximum atomic E-state index is 10.7. The number of hydrogen-bond donors (Lipinski definition) is 1. The first-order valence-electron chi connectivity index (χ1n) is 6.56. The summed E-state index contributed by atoms with van der Waals surface area (Å²) in [4.78, 5) is 14.7. The first kappa shape index (κ1) is 15.1. The normalized spacial score (nSPS) is 10.7. The van der Waals surface area contributed by atoms with Gasteiger partial charge in [-0.2, -0.15) is 0 Å². The molecule has 112 valence electrons. The number of aromatic nitrogens is 1. The van der Waals surface area contributed by atoms with Crippen LogP contribution in [-0.4, -0.2) is 43.4 Å². The van der Waals surface area contributed by atoms with Crippen molar-refractivity contribution in [2.75, 3.05) is 38.8 Å². The highest BCUT2D eigenvalue weighted by atomic mass is 16.6. The molecule has 2 rings (SSSR count). The number of anilines is 1.